The van der Waals surface area contributed by atoms with Gasteiger partial charge in [0, 0.05) is 17.1 Å². The minimum absolute atomic E-state index is 0.279. The summed E-state index contributed by atoms with van der Waals surface area (Å²) in [6.45, 7) is 2.04. The SMILES string of the molecule is CCn1ncc(-c2ccc(Cl)cc2)c(C(=O)O)c1=O. The lowest BCUT2D eigenvalue weighted by Crippen LogP contribution is -2.28. The number of nitrogens with zero attached hydrogens (tertiary/aromatic N) is 2. The van der Waals surface area contributed by atoms with Gasteiger partial charge in [0.05, 0.1) is 6.20 Å². The molecule has 19 heavy (non-hydrogen) atoms. The quantitative estimate of drug-likeness (QED) is 0.935. The number of aromatic nitrogens is 2. The molecule has 1 heterocycles. The Kier molecular flexibility index (Phi) is 3.66. The number of hydrogen-bond acceptors (Lipinski definition) is 3. The Morgan fingerprint density at radius 2 is 2.00 bits per heavy atom. The maximum atomic E-state index is 12.0. The zero-order valence-corrected chi connectivity index (χ0v) is 10.9. The molecule has 1 aromatic carbocycles. The molecule has 0 aliphatic carbocycles. The van der Waals surface area contributed by atoms with Crippen molar-refractivity contribution in [1.82, 2.24) is 9.78 Å². The highest BCUT2D eigenvalue weighted by atomic mass is 35.5. The number of carbonyl (C=O) groups is 1. The summed E-state index contributed by atoms with van der Waals surface area (Å²) in [5.41, 5.74) is -0.00450. The smallest absolute Gasteiger partial charge is 0.342 e. The molecule has 0 radical (unpaired) electrons. The lowest BCUT2D eigenvalue weighted by atomic mass is 10.0. The highest BCUT2D eigenvalue weighted by molar-refractivity contribution is 6.30. The highest BCUT2D eigenvalue weighted by Crippen LogP contribution is 2.22. The molecule has 0 spiro atoms. The number of benzene rings is 1. The van der Waals surface area contributed by atoms with Crippen molar-refractivity contribution in [2.75, 3.05) is 0 Å². The van der Waals surface area contributed by atoms with Gasteiger partial charge in [-0.25, -0.2) is 9.48 Å². The Morgan fingerprint density at radius 3 is 2.53 bits per heavy atom. The number of halogens is 1. The van der Waals surface area contributed by atoms with E-state index in [1.165, 1.54) is 6.20 Å². The Morgan fingerprint density at radius 1 is 1.37 bits per heavy atom. The molecule has 0 aliphatic heterocycles. The molecule has 0 bridgehead atoms. The van der Waals surface area contributed by atoms with E-state index in [1.807, 2.05) is 0 Å². The van der Waals surface area contributed by atoms with Gasteiger partial charge in [-0.1, -0.05) is 23.7 Å². The van der Waals surface area contributed by atoms with Crippen molar-refractivity contribution in [1.29, 1.82) is 0 Å². The van der Waals surface area contributed by atoms with Gasteiger partial charge >= 0.3 is 5.97 Å². The molecule has 1 N–H and O–H groups in total. The van der Waals surface area contributed by atoms with Crippen LogP contribution in [0.4, 0.5) is 0 Å². The van der Waals surface area contributed by atoms with Crippen LogP contribution in [0.3, 0.4) is 0 Å². The third kappa shape index (κ3) is 2.51. The summed E-state index contributed by atoms with van der Waals surface area (Å²) >= 11 is 5.78. The largest absolute Gasteiger partial charge is 0.477 e. The maximum Gasteiger partial charge on any atom is 0.342 e. The monoisotopic (exact) mass is 278 g/mol. The fraction of sp³-hybridized carbons (Fsp3) is 0.154. The van der Waals surface area contributed by atoms with Crippen molar-refractivity contribution in [2.45, 2.75) is 13.5 Å². The Balaban J connectivity index is 2.70. The van der Waals surface area contributed by atoms with Gasteiger partial charge in [0.15, 0.2) is 0 Å². The zero-order chi connectivity index (χ0) is 14.0. The predicted octanol–water partition coefficient (Wildman–Crippen LogP) is 2.28. The Bertz CT molecular complexity index is 677. The highest BCUT2D eigenvalue weighted by Gasteiger charge is 2.18. The number of carboxylic acids is 1. The second-order valence-corrected chi connectivity index (χ2v) is 4.30. The summed E-state index contributed by atoms with van der Waals surface area (Å²) < 4.78 is 1.11. The van der Waals surface area contributed by atoms with Gasteiger partial charge < -0.3 is 5.11 Å². The van der Waals surface area contributed by atoms with E-state index < -0.39 is 11.5 Å². The fourth-order valence-electron chi connectivity index (χ4n) is 1.77. The summed E-state index contributed by atoms with van der Waals surface area (Å²) in [5, 5.41) is 13.7. The van der Waals surface area contributed by atoms with Crippen molar-refractivity contribution in [3.8, 4) is 11.1 Å². The van der Waals surface area contributed by atoms with E-state index in [2.05, 4.69) is 5.10 Å². The van der Waals surface area contributed by atoms with E-state index in [9.17, 15) is 14.7 Å². The molecule has 0 aliphatic rings. The van der Waals surface area contributed by atoms with E-state index in [0.29, 0.717) is 22.7 Å². The molecule has 1 aromatic heterocycles. The maximum absolute atomic E-state index is 12.0. The Labute approximate surface area is 114 Å². The minimum Gasteiger partial charge on any atom is -0.477 e. The number of aromatic carboxylic acids is 1. The molecule has 0 atom stereocenters. The molecule has 0 saturated carbocycles. The van der Waals surface area contributed by atoms with Crippen LogP contribution < -0.4 is 5.56 Å². The van der Waals surface area contributed by atoms with Gasteiger partial charge in [0.2, 0.25) is 0 Å². The molecule has 98 valence electrons. The van der Waals surface area contributed by atoms with E-state index >= 15 is 0 Å². The van der Waals surface area contributed by atoms with Crippen LogP contribution in [0, 0.1) is 0 Å². The van der Waals surface area contributed by atoms with E-state index in [-0.39, 0.29) is 5.56 Å². The standard InChI is InChI=1S/C13H11ClN2O3/c1-2-16-12(17)11(13(18)19)10(7-15-16)8-3-5-9(14)6-4-8/h3-7H,2H2,1H3,(H,18,19). The minimum atomic E-state index is -1.26. The second kappa shape index (κ2) is 5.24. The molecule has 0 fully saturated rings. The van der Waals surface area contributed by atoms with Crippen LogP contribution in [0.25, 0.3) is 11.1 Å². The van der Waals surface area contributed by atoms with E-state index in [4.69, 9.17) is 11.6 Å². The number of aryl methyl sites for hydroxylation is 1. The average Bonchev–Trinajstić information content (AvgIpc) is 2.38. The normalized spacial score (nSPS) is 10.4. The number of carboxylic acid groups (broad SMARTS) is 1. The van der Waals surface area contributed by atoms with Gasteiger partial charge in [-0.2, -0.15) is 5.10 Å². The topological polar surface area (TPSA) is 72.2 Å². The van der Waals surface area contributed by atoms with Crippen LogP contribution in [0.15, 0.2) is 35.3 Å². The number of rotatable bonds is 3. The first-order valence-electron chi connectivity index (χ1n) is 5.64. The average molecular weight is 279 g/mol. The molecule has 2 aromatic rings. The summed E-state index contributed by atoms with van der Waals surface area (Å²) in [5.74, 6) is -1.26. The molecule has 2 rings (SSSR count). The van der Waals surface area contributed by atoms with E-state index in [0.717, 1.165) is 4.68 Å². The molecular formula is C13H11ClN2O3. The summed E-state index contributed by atoms with van der Waals surface area (Å²) in [4.78, 5) is 23.3. The lowest BCUT2D eigenvalue weighted by Gasteiger charge is -2.08. The third-order valence-corrected chi connectivity index (χ3v) is 2.96. The van der Waals surface area contributed by atoms with Crippen molar-refractivity contribution in [3.63, 3.8) is 0 Å². The summed E-state index contributed by atoms with van der Waals surface area (Å²) in [6, 6.07) is 6.57. The van der Waals surface area contributed by atoms with Crippen LogP contribution in [-0.2, 0) is 6.54 Å². The summed E-state index contributed by atoms with van der Waals surface area (Å²) in [7, 11) is 0. The molecular weight excluding hydrogens is 268 g/mol. The second-order valence-electron chi connectivity index (χ2n) is 3.87. The molecule has 6 heteroatoms. The number of hydrogen-bond donors (Lipinski definition) is 1. The van der Waals surface area contributed by atoms with Crippen molar-refractivity contribution in [2.24, 2.45) is 0 Å². The predicted molar refractivity (Wildman–Crippen MR) is 71.6 cm³/mol. The fourth-order valence-corrected chi connectivity index (χ4v) is 1.89. The summed E-state index contributed by atoms with van der Waals surface area (Å²) in [6.07, 6.45) is 1.39. The van der Waals surface area contributed by atoms with Crippen LogP contribution in [0.2, 0.25) is 5.02 Å². The Hall–Kier alpha value is -2.14. The molecule has 0 unspecified atom stereocenters. The third-order valence-electron chi connectivity index (χ3n) is 2.71. The zero-order valence-electron chi connectivity index (χ0n) is 10.1. The van der Waals surface area contributed by atoms with Crippen molar-refractivity contribution < 1.29 is 9.90 Å². The first kappa shape index (κ1) is 13.3. The molecule has 5 nitrogen and oxygen atoms in total. The molecule has 0 amide bonds. The lowest BCUT2D eigenvalue weighted by molar-refractivity contribution is 0.0694. The van der Waals surface area contributed by atoms with Gasteiger partial charge in [0.25, 0.3) is 5.56 Å². The first-order chi connectivity index (χ1) is 9.04. The van der Waals surface area contributed by atoms with Gasteiger partial charge in [0.1, 0.15) is 5.56 Å². The first-order valence-corrected chi connectivity index (χ1v) is 6.01. The van der Waals surface area contributed by atoms with Crippen LogP contribution >= 0.6 is 11.6 Å². The molecule has 0 saturated heterocycles. The van der Waals surface area contributed by atoms with Gasteiger partial charge in [-0.3, -0.25) is 4.79 Å². The van der Waals surface area contributed by atoms with Gasteiger partial charge in [-0.15, -0.1) is 0 Å². The van der Waals surface area contributed by atoms with Crippen molar-refractivity contribution >= 4 is 17.6 Å². The van der Waals surface area contributed by atoms with Crippen LogP contribution in [0.5, 0.6) is 0 Å². The van der Waals surface area contributed by atoms with Crippen LogP contribution in [0.1, 0.15) is 17.3 Å². The van der Waals surface area contributed by atoms with Crippen LogP contribution in [-0.4, -0.2) is 20.9 Å². The van der Waals surface area contributed by atoms with Crippen molar-refractivity contribution in [3.05, 3.63) is 51.4 Å². The van der Waals surface area contributed by atoms with Gasteiger partial charge in [-0.05, 0) is 24.6 Å². The van der Waals surface area contributed by atoms with E-state index in [1.54, 1.807) is 31.2 Å².